The predicted octanol–water partition coefficient (Wildman–Crippen LogP) is 1.76. The van der Waals surface area contributed by atoms with E-state index >= 15 is 0 Å². The van der Waals surface area contributed by atoms with E-state index in [0.29, 0.717) is 13.1 Å². The Bertz CT molecular complexity index is 665. The number of hydrogen-bond acceptors (Lipinski definition) is 4. The van der Waals surface area contributed by atoms with E-state index < -0.39 is 23.7 Å². The molecule has 128 valence electrons. The maximum Gasteiger partial charge on any atom is 0.417 e. The van der Waals surface area contributed by atoms with Crippen molar-refractivity contribution in [3.63, 3.8) is 0 Å². The molecule has 3 rings (SSSR count). The van der Waals surface area contributed by atoms with Crippen LogP contribution in [0.25, 0.3) is 0 Å². The van der Waals surface area contributed by atoms with Crippen LogP contribution >= 0.6 is 0 Å². The average Bonchev–Trinajstić information content (AvgIpc) is 2.80. The molecule has 9 heteroatoms. The molecule has 2 aliphatic heterocycles. The van der Waals surface area contributed by atoms with Gasteiger partial charge >= 0.3 is 12.3 Å². The molecule has 0 atom stereocenters. The second-order valence-electron chi connectivity index (χ2n) is 5.71. The lowest BCUT2D eigenvalue weighted by Crippen LogP contribution is -2.54. The molecule has 0 unspecified atom stereocenters. The maximum atomic E-state index is 12.5. The lowest BCUT2D eigenvalue weighted by Gasteiger charge is -2.40. The highest BCUT2D eigenvalue weighted by atomic mass is 19.4. The molecule has 0 aromatic heterocycles. The number of benzene rings is 1. The van der Waals surface area contributed by atoms with Gasteiger partial charge in [0.2, 0.25) is 0 Å². The summed E-state index contributed by atoms with van der Waals surface area (Å²) in [6, 6.07) is 4.01. The van der Waals surface area contributed by atoms with Gasteiger partial charge in [0.05, 0.1) is 5.56 Å². The van der Waals surface area contributed by atoms with Crippen molar-refractivity contribution in [2.75, 3.05) is 26.2 Å². The minimum atomic E-state index is -4.44. The number of hydrogen-bond donors (Lipinski definition) is 0. The minimum absolute atomic E-state index is 0.0574. The van der Waals surface area contributed by atoms with Gasteiger partial charge in [-0.3, -0.25) is 9.59 Å². The van der Waals surface area contributed by atoms with Gasteiger partial charge in [0.25, 0.3) is 11.8 Å². The lowest BCUT2D eigenvalue weighted by molar-refractivity contribution is -0.137. The van der Waals surface area contributed by atoms with Crippen molar-refractivity contribution in [1.29, 1.82) is 0 Å². The van der Waals surface area contributed by atoms with Crippen LogP contribution in [0.2, 0.25) is 0 Å². The summed E-state index contributed by atoms with van der Waals surface area (Å²) in [6.07, 6.45) is -5.13. The van der Waals surface area contributed by atoms with E-state index in [0.717, 1.165) is 29.2 Å². The van der Waals surface area contributed by atoms with Crippen LogP contribution in [-0.2, 0) is 15.7 Å². The summed E-state index contributed by atoms with van der Waals surface area (Å²) < 4.78 is 42.1. The largest absolute Gasteiger partial charge is 0.439 e. The number of cyclic esters (lactones) is 1. The highest BCUT2D eigenvalue weighted by Gasteiger charge is 2.38. The van der Waals surface area contributed by atoms with Gasteiger partial charge in [-0.15, -0.1) is 0 Å². The number of amides is 3. The molecule has 2 heterocycles. The van der Waals surface area contributed by atoms with E-state index in [9.17, 15) is 27.6 Å². The first kappa shape index (κ1) is 16.3. The molecule has 2 fully saturated rings. The SMILES string of the molecule is O=C(c1ccc(C(F)(F)F)cc1)N1CC(CN2C(=O)COC2=O)C1. The number of carbonyl (C=O) groups is 3. The van der Waals surface area contributed by atoms with Crippen molar-refractivity contribution in [3.05, 3.63) is 35.4 Å². The molecule has 0 spiro atoms. The summed E-state index contributed by atoms with van der Waals surface area (Å²) in [5.74, 6) is -0.846. The topological polar surface area (TPSA) is 66.9 Å². The third-order valence-corrected chi connectivity index (χ3v) is 3.98. The molecule has 2 saturated heterocycles. The lowest BCUT2D eigenvalue weighted by atomic mass is 9.98. The van der Waals surface area contributed by atoms with Crippen LogP contribution in [0.3, 0.4) is 0 Å². The van der Waals surface area contributed by atoms with Gasteiger partial charge in [-0.05, 0) is 24.3 Å². The molecule has 0 saturated carbocycles. The zero-order valence-electron chi connectivity index (χ0n) is 12.4. The third kappa shape index (κ3) is 3.06. The first-order valence-corrected chi connectivity index (χ1v) is 7.19. The zero-order valence-corrected chi connectivity index (χ0v) is 12.4. The van der Waals surface area contributed by atoms with Gasteiger partial charge in [0.1, 0.15) is 0 Å². The number of carbonyl (C=O) groups excluding carboxylic acids is 3. The van der Waals surface area contributed by atoms with Crippen molar-refractivity contribution >= 4 is 17.9 Å². The van der Waals surface area contributed by atoms with Gasteiger partial charge in [-0.25, -0.2) is 9.69 Å². The van der Waals surface area contributed by atoms with Crippen LogP contribution in [0.15, 0.2) is 24.3 Å². The first-order chi connectivity index (χ1) is 11.3. The molecule has 1 aromatic rings. The third-order valence-electron chi connectivity index (χ3n) is 3.98. The standard InChI is InChI=1S/C15H13F3N2O4/c16-15(17,18)11-3-1-10(2-4-11)13(22)19-5-9(6-19)7-20-12(21)8-24-14(20)23/h1-4,9H,5-8H2. The van der Waals surface area contributed by atoms with E-state index in [-0.39, 0.29) is 30.5 Å². The van der Waals surface area contributed by atoms with Gasteiger partial charge in [-0.2, -0.15) is 13.2 Å². The van der Waals surface area contributed by atoms with Gasteiger partial charge in [-0.1, -0.05) is 0 Å². The second kappa shape index (κ2) is 5.81. The number of imide groups is 1. The molecule has 2 aliphatic rings. The molecule has 6 nitrogen and oxygen atoms in total. The Morgan fingerprint density at radius 2 is 1.79 bits per heavy atom. The Morgan fingerprint density at radius 1 is 1.17 bits per heavy atom. The van der Waals surface area contributed by atoms with Crippen LogP contribution in [0.1, 0.15) is 15.9 Å². The fourth-order valence-electron chi connectivity index (χ4n) is 2.65. The molecule has 24 heavy (non-hydrogen) atoms. The molecule has 0 N–H and O–H groups in total. The Labute approximate surface area is 134 Å². The van der Waals surface area contributed by atoms with E-state index in [1.54, 1.807) is 0 Å². The fourth-order valence-corrected chi connectivity index (χ4v) is 2.65. The van der Waals surface area contributed by atoms with E-state index in [4.69, 9.17) is 0 Å². The molecular weight excluding hydrogens is 329 g/mol. The van der Waals surface area contributed by atoms with Crippen molar-refractivity contribution in [2.45, 2.75) is 6.18 Å². The van der Waals surface area contributed by atoms with Crippen LogP contribution in [0.4, 0.5) is 18.0 Å². The van der Waals surface area contributed by atoms with Crippen LogP contribution in [0, 0.1) is 5.92 Å². The Hall–Kier alpha value is -2.58. The molecule has 0 radical (unpaired) electrons. The molecular formula is C15H13F3N2O4. The first-order valence-electron chi connectivity index (χ1n) is 7.19. The number of rotatable bonds is 3. The van der Waals surface area contributed by atoms with Crippen molar-refractivity contribution in [1.82, 2.24) is 9.80 Å². The number of ether oxygens (including phenoxy) is 1. The van der Waals surface area contributed by atoms with Gasteiger partial charge in [0.15, 0.2) is 6.61 Å². The zero-order chi connectivity index (χ0) is 17.5. The smallest absolute Gasteiger partial charge is 0.417 e. The van der Waals surface area contributed by atoms with Crippen LogP contribution < -0.4 is 0 Å². The highest BCUT2D eigenvalue weighted by molar-refractivity contribution is 5.98. The fraction of sp³-hybridized carbons (Fsp3) is 0.400. The summed E-state index contributed by atoms with van der Waals surface area (Å²) in [5.41, 5.74) is -0.648. The van der Waals surface area contributed by atoms with Crippen molar-refractivity contribution in [3.8, 4) is 0 Å². The normalized spacial score (nSPS) is 18.6. The summed E-state index contributed by atoms with van der Waals surface area (Å²) >= 11 is 0. The van der Waals surface area contributed by atoms with E-state index in [1.165, 1.54) is 4.90 Å². The second-order valence-corrected chi connectivity index (χ2v) is 5.71. The van der Waals surface area contributed by atoms with Crippen LogP contribution in [-0.4, -0.2) is 53.9 Å². The van der Waals surface area contributed by atoms with E-state index in [1.807, 2.05) is 0 Å². The number of halogens is 3. The number of likely N-dealkylation sites (tertiary alicyclic amines) is 1. The molecule has 0 aliphatic carbocycles. The number of alkyl halides is 3. The Morgan fingerprint density at radius 3 is 2.29 bits per heavy atom. The minimum Gasteiger partial charge on any atom is -0.439 e. The number of nitrogens with zero attached hydrogens (tertiary/aromatic N) is 2. The van der Waals surface area contributed by atoms with Crippen molar-refractivity contribution in [2.24, 2.45) is 5.92 Å². The summed E-state index contributed by atoms with van der Waals surface area (Å²) in [5, 5.41) is 0. The average molecular weight is 342 g/mol. The quantitative estimate of drug-likeness (QED) is 0.839. The summed E-state index contributed by atoms with van der Waals surface area (Å²) in [4.78, 5) is 37.4. The van der Waals surface area contributed by atoms with E-state index in [2.05, 4.69) is 4.74 Å². The molecule has 0 bridgehead atoms. The highest BCUT2D eigenvalue weighted by Crippen LogP contribution is 2.29. The molecule has 3 amide bonds. The predicted molar refractivity (Wildman–Crippen MR) is 73.9 cm³/mol. The van der Waals surface area contributed by atoms with Crippen molar-refractivity contribution < 1.29 is 32.3 Å². The monoisotopic (exact) mass is 342 g/mol. The van der Waals surface area contributed by atoms with Gasteiger partial charge < -0.3 is 9.64 Å². The van der Waals surface area contributed by atoms with Crippen LogP contribution in [0.5, 0.6) is 0 Å². The Kier molecular flexibility index (Phi) is 3.94. The summed E-state index contributed by atoms with van der Waals surface area (Å²) in [7, 11) is 0. The Balaban J connectivity index is 1.55. The molecule has 1 aromatic carbocycles. The maximum absolute atomic E-state index is 12.5. The van der Waals surface area contributed by atoms with Gasteiger partial charge in [0, 0.05) is 31.1 Å². The summed E-state index contributed by atoms with van der Waals surface area (Å²) in [6.45, 7) is 0.571.